The number of ether oxygens (including phenoxy) is 1. The van der Waals surface area contributed by atoms with Crippen molar-refractivity contribution in [3.05, 3.63) is 52.5 Å². The van der Waals surface area contributed by atoms with Gasteiger partial charge in [-0.05, 0) is 38.7 Å². The maximum Gasteiger partial charge on any atom is 0.228 e. The first-order chi connectivity index (χ1) is 15.1. The van der Waals surface area contributed by atoms with Gasteiger partial charge in [-0.25, -0.2) is 9.97 Å². The van der Waals surface area contributed by atoms with Crippen molar-refractivity contribution in [1.29, 1.82) is 0 Å². The molecule has 1 aliphatic carbocycles. The highest BCUT2D eigenvalue weighted by Crippen LogP contribution is 2.39. The molecule has 6 heteroatoms. The lowest BCUT2D eigenvalue weighted by atomic mass is 10.0. The Bertz CT molecular complexity index is 958. The molecule has 2 saturated heterocycles. The van der Waals surface area contributed by atoms with Gasteiger partial charge in [-0.15, -0.1) is 0 Å². The van der Waals surface area contributed by atoms with Gasteiger partial charge in [0.05, 0.1) is 12.5 Å². The second-order valence-corrected chi connectivity index (χ2v) is 9.28. The standard InChI is InChI=1S/C25H32N4O2/c1-17-4-3-5-19(14-17)15-22-18(2)26-23(20-6-7-20)27-24(22)28-9-11-29(12-10-28)25(30)21-8-13-31-16-21/h3-5,14,20-21H,6-13,15-16H2,1-2H3. The number of carbonyl (C=O) groups excluding carboxylic acids is 1. The molecule has 0 radical (unpaired) electrons. The molecule has 1 aromatic heterocycles. The maximum absolute atomic E-state index is 12.8. The van der Waals surface area contributed by atoms with Gasteiger partial charge >= 0.3 is 0 Å². The van der Waals surface area contributed by atoms with Gasteiger partial charge in [-0.2, -0.15) is 0 Å². The van der Waals surface area contributed by atoms with Crippen molar-refractivity contribution in [2.24, 2.45) is 5.92 Å². The molecule has 164 valence electrons. The summed E-state index contributed by atoms with van der Waals surface area (Å²) in [7, 11) is 0. The van der Waals surface area contributed by atoms with E-state index in [-0.39, 0.29) is 11.8 Å². The van der Waals surface area contributed by atoms with E-state index in [0.717, 1.165) is 56.4 Å². The van der Waals surface area contributed by atoms with Gasteiger partial charge in [0.25, 0.3) is 0 Å². The Morgan fingerprint density at radius 2 is 1.90 bits per heavy atom. The number of piperazine rings is 1. The van der Waals surface area contributed by atoms with Crippen molar-refractivity contribution in [2.75, 3.05) is 44.3 Å². The first-order valence-electron chi connectivity index (χ1n) is 11.6. The number of anilines is 1. The fraction of sp³-hybridized carbons (Fsp3) is 0.560. The summed E-state index contributed by atoms with van der Waals surface area (Å²) in [6.45, 7) is 8.69. The van der Waals surface area contributed by atoms with E-state index in [0.29, 0.717) is 19.1 Å². The average Bonchev–Trinajstić information content (AvgIpc) is 3.48. The zero-order valence-corrected chi connectivity index (χ0v) is 18.6. The Kier molecular flexibility index (Phi) is 5.65. The molecule has 0 N–H and O–H groups in total. The number of amides is 1. The van der Waals surface area contributed by atoms with Crippen molar-refractivity contribution in [2.45, 2.75) is 45.4 Å². The fourth-order valence-electron chi connectivity index (χ4n) is 4.75. The van der Waals surface area contributed by atoms with Crippen LogP contribution in [0.15, 0.2) is 24.3 Å². The van der Waals surface area contributed by atoms with E-state index >= 15 is 0 Å². The van der Waals surface area contributed by atoms with E-state index < -0.39 is 0 Å². The SMILES string of the molecule is Cc1cccc(Cc2c(C)nc(C3CC3)nc2N2CCN(C(=O)C3CCOC3)CC2)c1. The van der Waals surface area contributed by atoms with Crippen LogP contribution in [0.4, 0.5) is 5.82 Å². The van der Waals surface area contributed by atoms with Gasteiger partial charge in [-0.1, -0.05) is 29.8 Å². The van der Waals surface area contributed by atoms with Crippen molar-refractivity contribution in [3.8, 4) is 0 Å². The van der Waals surface area contributed by atoms with Crippen molar-refractivity contribution >= 4 is 11.7 Å². The molecule has 0 bridgehead atoms. The first kappa shape index (κ1) is 20.4. The molecule has 2 aliphatic heterocycles. The van der Waals surface area contributed by atoms with Crippen LogP contribution in [0.1, 0.15) is 53.4 Å². The molecule has 1 saturated carbocycles. The summed E-state index contributed by atoms with van der Waals surface area (Å²) in [5.41, 5.74) is 4.88. The molecule has 1 atom stereocenters. The summed E-state index contributed by atoms with van der Waals surface area (Å²) >= 11 is 0. The summed E-state index contributed by atoms with van der Waals surface area (Å²) in [6.07, 6.45) is 4.09. The van der Waals surface area contributed by atoms with Crippen LogP contribution in [0.2, 0.25) is 0 Å². The van der Waals surface area contributed by atoms with Gasteiger partial charge in [0.1, 0.15) is 11.6 Å². The van der Waals surface area contributed by atoms with Crippen molar-refractivity contribution in [3.63, 3.8) is 0 Å². The largest absolute Gasteiger partial charge is 0.381 e. The van der Waals surface area contributed by atoms with Crippen LogP contribution in [-0.2, 0) is 16.0 Å². The van der Waals surface area contributed by atoms with E-state index in [1.165, 1.54) is 29.5 Å². The number of hydrogen-bond donors (Lipinski definition) is 0. The maximum atomic E-state index is 12.8. The minimum atomic E-state index is 0.0474. The Morgan fingerprint density at radius 3 is 2.58 bits per heavy atom. The van der Waals surface area contributed by atoms with Crippen LogP contribution in [0.3, 0.4) is 0 Å². The van der Waals surface area contributed by atoms with Crippen LogP contribution in [0.25, 0.3) is 0 Å². The van der Waals surface area contributed by atoms with E-state index in [9.17, 15) is 4.79 Å². The van der Waals surface area contributed by atoms with E-state index in [2.05, 4.69) is 43.0 Å². The number of aromatic nitrogens is 2. The first-order valence-corrected chi connectivity index (χ1v) is 11.6. The lowest BCUT2D eigenvalue weighted by molar-refractivity contribution is -0.135. The quantitative estimate of drug-likeness (QED) is 0.743. The molecule has 1 aromatic carbocycles. The molecule has 31 heavy (non-hydrogen) atoms. The number of carbonyl (C=O) groups is 1. The molecule has 3 heterocycles. The van der Waals surface area contributed by atoms with Gasteiger partial charge in [0, 0.05) is 56.4 Å². The molecule has 1 amide bonds. The van der Waals surface area contributed by atoms with Crippen LogP contribution >= 0.6 is 0 Å². The molecule has 2 aromatic rings. The monoisotopic (exact) mass is 420 g/mol. The number of rotatable bonds is 5. The van der Waals surface area contributed by atoms with Crippen LogP contribution in [0.5, 0.6) is 0 Å². The van der Waals surface area contributed by atoms with Gasteiger partial charge in [-0.3, -0.25) is 4.79 Å². The minimum absolute atomic E-state index is 0.0474. The number of benzene rings is 1. The Labute approximate surface area is 184 Å². The highest BCUT2D eigenvalue weighted by atomic mass is 16.5. The zero-order valence-electron chi connectivity index (χ0n) is 18.6. The normalized spacial score (nSPS) is 21.5. The second-order valence-electron chi connectivity index (χ2n) is 9.28. The Morgan fingerprint density at radius 1 is 1.10 bits per heavy atom. The Hall–Kier alpha value is -2.47. The third-order valence-electron chi connectivity index (χ3n) is 6.79. The zero-order chi connectivity index (χ0) is 21.4. The average molecular weight is 421 g/mol. The molecule has 3 aliphatic rings. The van der Waals surface area contributed by atoms with E-state index in [1.54, 1.807) is 0 Å². The van der Waals surface area contributed by atoms with E-state index in [4.69, 9.17) is 14.7 Å². The second kappa shape index (κ2) is 8.58. The predicted octanol–water partition coefficient (Wildman–Crippen LogP) is 3.25. The van der Waals surface area contributed by atoms with Gasteiger partial charge < -0.3 is 14.5 Å². The summed E-state index contributed by atoms with van der Waals surface area (Å²) in [4.78, 5) is 27.2. The summed E-state index contributed by atoms with van der Waals surface area (Å²) in [5, 5.41) is 0. The summed E-state index contributed by atoms with van der Waals surface area (Å²) in [6, 6.07) is 8.69. The third kappa shape index (κ3) is 4.45. The number of nitrogens with zero attached hydrogens (tertiary/aromatic N) is 4. The lowest BCUT2D eigenvalue weighted by Crippen LogP contribution is -2.51. The molecule has 1 unspecified atom stereocenters. The van der Waals surface area contributed by atoms with Gasteiger partial charge in [0.2, 0.25) is 5.91 Å². The molecular formula is C25H32N4O2. The van der Waals surface area contributed by atoms with Crippen molar-refractivity contribution < 1.29 is 9.53 Å². The van der Waals surface area contributed by atoms with Crippen molar-refractivity contribution in [1.82, 2.24) is 14.9 Å². The molecule has 0 spiro atoms. The summed E-state index contributed by atoms with van der Waals surface area (Å²) in [5.74, 6) is 2.91. The van der Waals surface area contributed by atoms with Gasteiger partial charge in [0.15, 0.2) is 0 Å². The van der Waals surface area contributed by atoms with E-state index in [1.807, 2.05) is 4.90 Å². The predicted molar refractivity (Wildman–Crippen MR) is 120 cm³/mol. The highest BCUT2D eigenvalue weighted by Gasteiger charge is 2.32. The molecule has 5 rings (SSSR count). The van der Waals surface area contributed by atoms with Crippen LogP contribution in [-0.4, -0.2) is 60.2 Å². The number of aryl methyl sites for hydroxylation is 2. The topological polar surface area (TPSA) is 58.6 Å². The Balaban J connectivity index is 1.37. The molecule has 6 nitrogen and oxygen atoms in total. The third-order valence-corrected chi connectivity index (χ3v) is 6.79. The summed E-state index contributed by atoms with van der Waals surface area (Å²) < 4.78 is 5.42. The smallest absolute Gasteiger partial charge is 0.228 e. The molecule has 3 fully saturated rings. The minimum Gasteiger partial charge on any atom is -0.381 e. The van der Waals surface area contributed by atoms with Crippen LogP contribution < -0.4 is 4.90 Å². The highest BCUT2D eigenvalue weighted by molar-refractivity contribution is 5.79. The molecular weight excluding hydrogens is 388 g/mol. The van der Waals surface area contributed by atoms with Crippen LogP contribution in [0, 0.1) is 19.8 Å². The fourth-order valence-corrected chi connectivity index (χ4v) is 4.75. The number of hydrogen-bond acceptors (Lipinski definition) is 5. The lowest BCUT2D eigenvalue weighted by Gasteiger charge is -2.37.